The minimum atomic E-state index is -0.708. The van der Waals surface area contributed by atoms with Crippen molar-refractivity contribution in [3.63, 3.8) is 0 Å². The molecule has 5 heterocycles. The number of nitrogens with one attached hydrogen (secondary N) is 1. The highest BCUT2D eigenvalue weighted by Gasteiger charge is 2.26. The Hall–Kier alpha value is -3.86. The molecule has 0 amide bonds. The summed E-state index contributed by atoms with van der Waals surface area (Å²) in [6.45, 7) is 3.66. The molecule has 0 aliphatic carbocycles. The van der Waals surface area contributed by atoms with Crippen LogP contribution < -0.4 is 16.0 Å². The third-order valence-electron chi connectivity index (χ3n) is 7.30. The van der Waals surface area contributed by atoms with E-state index in [0.29, 0.717) is 28.5 Å². The topological polar surface area (TPSA) is 131 Å². The molecule has 11 heteroatoms. The maximum absolute atomic E-state index is 13.9. The molecule has 2 fully saturated rings. The number of anilines is 2. The molecule has 2 aliphatic rings. The lowest BCUT2D eigenvalue weighted by atomic mass is 9.92. The number of piperidine rings is 2. The molecule has 0 saturated carbocycles. The number of aromatic nitrogens is 6. The lowest BCUT2D eigenvalue weighted by Gasteiger charge is -2.32. The maximum atomic E-state index is 13.9. The summed E-state index contributed by atoms with van der Waals surface area (Å²) in [7, 11) is 0. The molecule has 10 nitrogen and oxygen atoms in total. The number of fused-ring (bicyclic) bond motifs is 1. The summed E-state index contributed by atoms with van der Waals surface area (Å²) in [5.41, 5.74) is 9.20. The second-order valence-electron chi connectivity index (χ2n) is 9.49. The third kappa shape index (κ3) is 4.09. The van der Waals surface area contributed by atoms with Crippen LogP contribution in [0, 0.1) is 5.82 Å². The summed E-state index contributed by atoms with van der Waals surface area (Å²) in [6.07, 6.45) is 7.87. The van der Waals surface area contributed by atoms with Crippen molar-refractivity contribution in [3.05, 3.63) is 48.0 Å². The van der Waals surface area contributed by atoms with Gasteiger partial charge in [0.15, 0.2) is 22.9 Å². The van der Waals surface area contributed by atoms with Crippen molar-refractivity contribution in [1.29, 1.82) is 0 Å². The Morgan fingerprint density at radius 2 is 1.78 bits per heavy atom. The molecule has 3 aromatic heterocycles. The molecule has 6 rings (SSSR count). The van der Waals surface area contributed by atoms with Crippen molar-refractivity contribution >= 4 is 22.8 Å². The van der Waals surface area contributed by atoms with Gasteiger partial charge in [-0.2, -0.15) is 5.10 Å². The minimum absolute atomic E-state index is 0.105. The zero-order chi connectivity index (χ0) is 24.6. The summed E-state index contributed by atoms with van der Waals surface area (Å²) in [5.74, 6) is 0.426. The summed E-state index contributed by atoms with van der Waals surface area (Å²) in [6, 6.07) is 6.19. The van der Waals surface area contributed by atoms with E-state index in [1.54, 1.807) is 12.1 Å². The van der Waals surface area contributed by atoms with Crippen molar-refractivity contribution in [2.75, 3.05) is 36.8 Å². The van der Waals surface area contributed by atoms with E-state index in [1.807, 2.05) is 17.1 Å². The predicted molar refractivity (Wildman–Crippen MR) is 134 cm³/mol. The van der Waals surface area contributed by atoms with E-state index in [-0.39, 0.29) is 11.6 Å². The largest absolute Gasteiger partial charge is 0.504 e. The minimum Gasteiger partial charge on any atom is -0.504 e. The Bertz CT molecular complexity index is 1380. The average molecular weight is 490 g/mol. The van der Waals surface area contributed by atoms with Crippen LogP contribution in [0.3, 0.4) is 0 Å². The second kappa shape index (κ2) is 9.30. The number of nitrogens with two attached hydrogens (primary N) is 1. The van der Waals surface area contributed by atoms with Crippen LogP contribution in [-0.2, 0) is 0 Å². The first kappa shape index (κ1) is 22.6. The van der Waals surface area contributed by atoms with Gasteiger partial charge in [-0.25, -0.2) is 14.4 Å². The van der Waals surface area contributed by atoms with Gasteiger partial charge in [-0.3, -0.25) is 4.68 Å². The number of nitrogen functional groups attached to an aromatic ring is 1. The number of hydrogen-bond acceptors (Lipinski definition) is 9. The first-order valence-electron chi connectivity index (χ1n) is 12.4. The van der Waals surface area contributed by atoms with Gasteiger partial charge in [-0.15, -0.1) is 10.2 Å². The fourth-order valence-electron chi connectivity index (χ4n) is 5.26. The molecule has 2 aliphatic heterocycles. The van der Waals surface area contributed by atoms with Crippen LogP contribution in [0.1, 0.15) is 43.2 Å². The number of phenols is 1. The summed E-state index contributed by atoms with van der Waals surface area (Å²) >= 11 is 0. The summed E-state index contributed by atoms with van der Waals surface area (Å²) in [4.78, 5) is 11.5. The van der Waals surface area contributed by atoms with Crippen molar-refractivity contribution in [2.45, 2.75) is 37.6 Å². The molecule has 2 saturated heterocycles. The highest BCUT2D eigenvalue weighted by atomic mass is 19.1. The number of aromatic hydroxyl groups is 1. The number of benzene rings is 1. The van der Waals surface area contributed by atoms with Gasteiger partial charge in [-0.05, 0) is 68.5 Å². The lowest BCUT2D eigenvalue weighted by Crippen LogP contribution is -2.36. The van der Waals surface area contributed by atoms with Crippen LogP contribution in [-0.4, -0.2) is 61.2 Å². The predicted octanol–water partition coefficient (Wildman–Crippen LogP) is 3.02. The number of halogens is 1. The Morgan fingerprint density at radius 3 is 2.53 bits per heavy atom. The summed E-state index contributed by atoms with van der Waals surface area (Å²) < 4.78 is 15.8. The van der Waals surface area contributed by atoms with Crippen LogP contribution in [0.2, 0.25) is 0 Å². The van der Waals surface area contributed by atoms with Crippen molar-refractivity contribution < 1.29 is 9.50 Å². The fourth-order valence-corrected chi connectivity index (χ4v) is 5.26. The van der Waals surface area contributed by atoms with E-state index in [9.17, 15) is 9.50 Å². The fraction of sp³-hybridized carbons (Fsp3) is 0.400. The second-order valence-corrected chi connectivity index (χ2v) is 9.49. The number of para-hydroxylation sites is 1. The van der Waals surface area contributed by atoms with Gasteiger partial charge in [0, 0.05) is 31.0 Å². The average Bonchev–Trinajstić information content (AvgIpc) is 3.26. The van der Waals surface area contributed by atoms with Crippen molar-refractivity contribution in [3.8, 4) is 17.0 Å². The zero-order valence-corrected chi connectivity index (χ0v) is 19.8. The monoisotopic (exact) mass is 489 g/mol. The van der Waals surface area contributed by atoms with E-state index in [4.69, 9.17) is 5.73 Å². The van der Waals surface area contributed by atoms with E-state index >= 15 is 0 Å². The van der Waals surface area contributed by atoms with Gasteiger partial charge < -0.3 is 21.1 Å². The van der Waals surface area contributed by atoms with Crippen LogP contribution >= 0.6 is 0 Å². The Balaban J connectivity index is 1.20. The first-order valence-corrected chi connectivity index (χ1v) is 12.4. The van der Waals surface area contributed by atoms with E-state index in [2.05, 4.69) is 35.5 Å². The van der Waals surface area contributed by atoms with Gasteiger partial charge in [-0.1, -0.05) is 6.07 Å². The van der Waals surface area contributed by atoms with Gasteiger partial charge >= 0.3 is 0 Å². The van der Waals surface area contributed by atoms with Gasteiger partial charge in [0.25, 0.3) is 0 Å². The van der Waals surface area contributed by atoms with Crippen molar-refractivity contribution in [2.24, 2.45) is 0 Å². The molecule has 0 unspecified atom stereocenters. The van der Waals surface area contributed by atoms with Gasteiger partial charge in [0.2, 0.25) is 5.95 Å². The van der Waals surface area contributed by atoms with E-state index < -0.39 is 11.6 Å². The standard InChI is InChI=1S/C25H28FN9O/c26-19-3-1-2-18(23(19)36)20-12-21-22(32-31-20)24(27)33-35(21)17-6-10-34(11-7-17)25-29-13-16(14-30-25)15-4-8-28-9-5-15/h1-3,12-15,17,28,36H,4-11H2,(H2,27,33). The molecule has 186 valence electrons. The first-order chi connectivity index (χ1) is 17.6. The van der Waals surface area contributed by atoms with E-state index in [0.717, 1.165) is 57.8 Å². The number of nitrogens with zero attached hydrogens (tertiary/aromatic N) is 7. The zero-order valence-electron chi connectivity index (χ0n) is 19.8. The lowest BCUT2D eigenvalue weighted by molar-refractivity contribution is 0.374. The number of phenolic OH excluding ortho intramolecular Hbond substituents is 1. The SMILES string of the molecule is Nc1nn(C2CCN(c3ncc(C4CCNCC4)cn3)CC2)c2cc(-c3cccc(F)c3O)nnc12. The van der Waals surface area contributed by atoms with Gasteiger partial charge in [0.1, 0.15) is 0 Å². The molecule has 1 aromatic carbocycles. The molecule has 0 atom stereocenters. The van der Waals surface area contributed by atoms with Crippen LogP contribution in [0.4, 0.5) is 16.2 Å². The molecular formula is C25H28FN9O. The molecule has 4 N–H and O–H groups in total. The molecule has 0 radical (unpaired) electrons. The Labute approximate surface area is 207 Å². The quantitative estimate of drug-likeness (QED) is 0.396. The molecule has 36 heavy (non-hydrogen) atoms. The normalized spacial score (nSPS) is 17.6. The highest BCUT2D eigenvalue weighted by Crippen LogP contribution is 2.34. The van der Waals surface area contributed by atoms with Crippen molar-refractivity contribution in [1.82, 2.24) is 35.3 Å². The molecule has 0 bridgehead atoms. The Kier molecular flexibility index (Phi) is 5.84. The number of hydrogen-bond donors (Lipinski definition) is 3. The maximum Gasteiger partial charge on any atom is 0.225 e. The smallest absolute Gasteiger partial charge is 0.225 e. The Morgan fingerprint density at radius 1 is 1.03 bits per heavy atom. The molecule has 0 spiro atoms. The van der Waals surface area contributed by atoms with Crippen LogP contribution in [0.25, 0.3) is 22.3 Å². The van der Waals surface area contributed by atoms with E-state index in [1.165, 1.54) is 17.7 Å². The third-order valence-corrected chi connectivity index (χ3v) is 7.30. The van der Waals surface area contributed by atoms with Gasteiger partial charge in [0.05, 0.1) is 17.3 Å². The molecule has 4 aromatic rings. The highest BCUT2D eigenvalue weighted by molar-refractivity contribution is 5.87. The molecular weight excluding hydrogens is 461 g/mol. The van der Waals surface area contributed by atoms with Crippen LogP contribution in [0.5, 0.6) is 5.75 Å². The number of rotatable bonds is 4. The summed E-state index contributed by atoms with van der Waals surface area (Å²) in [5, 5.41) is 26.5. The van der Waals surface area contributed by atoms with Crippen LogP contribution in [0.15, 0.2) is 36.7 Å².